The molecule has 5 heteroatoms. The minimum absolute atomic E-state index is 0. The maximum atomic E-state index is 5.95. The molecule has 2 rings (SSSR count). The van der Waals surface area contributed by atoms with Crippen molar-refractivity contribution >= 4 is 29.9 Å². The van der Waals surface area contributed by atoms with E-state index in [0.717, 1.165) is 25.0 Å². The molecule has 0 bridgehead atoms. The molecule has 1 saturated carbocycles. The van der Waals surface area contributed by atoms with Gasteiger partial charge >= 0.3 is 0 Å². The molecular weight excluding hydrogens is 339 g/mol. The first-order valence-corrected chi connectivity index (χ1v) is 6.92. The van der Waals surface area contributed by atoms with Gasteiger partial charge in [0.15, 0.2) is 5.96 Å². The second kappa shape index (κ2) is 7.53. The molecule has 2 fully saturated rings. The molecule has 0 aromatic carbocycles. The van der Waals surface area contributed by atoms with Crippen molar-refractivity contribution in [2.45, 2.75) is 38.6 Å². The Bertz CT molecular complexity index is 270. The van der Waals surface area contributed by atoms with Crippen LogP contribution in [0.3, 0.4) is 0 Å². The molecule has 0 unspecified atom stereocenters. The summed E-state index contributed by atoms with van der Waals surface area (Å²) in [6, 6.07) is 0.662. The molecule has 1 heterocycles. The van der Waals surface area contributed by atoms with E-state index < -0.39 is 0 Å². The van der Waals surface area contributed by atoms with Crippen LogP contribution in [0.5, 0.6) is 0 Å². The molecule has 0 spiro atoms. The summed E-state index contributed by atoms with van der Waals surface area (Å²) < 4.78 is 0. The van der Waals surface area contributed by atoms with E-state index in [-0.39, 0.29) is 24.0 Å². The van der Waals surface area contributed by atoms with Crippen molar-refractivity contribution in [2.24, 2.45) is 16.6 Å². The fraction of sp³-hybridized carbons (Fsp3) is 0.923. The van der Waals surface area contributed by atoms with Gasteiger partial charge in [-0.05, 0) is 44.7 Å². The number of aliphatic imine (C=N–C) groups is 1. The van der Waals surface area contributed by atoms with Gasteiger partial charge in [-0.1, -0.05) is 6.92 Å². The van der Waals surface area contributed by atoms with Crippen molar-refractivity contribution in [3.05, 3.63) is 0 Å². The Morgan fingerprint density at radius 3 is 2.44 bits per heavy atom. The summed E-state index contributed by atoms with van der Waals surface area (Å²) >= 11 is 0. The van der Waals surface area contributed by atoms with Crippen LogP contribution in [0.15, 0.2) is 4.99 Å². The van der Waals surface area contributed by atoms with Gasteiger partial charge in [-0.15, -0.1) is 24.0 Å². The van der Waals surface area contributed by atoms with Gasteiger partial charge in [-0.2, -0.15) is 0 Å². The van der Waals surface area contributed by atoms with Crippen LogP contribution >= 0.6 is 24.0 Å². The van der Waals surface area contributed by atoms with Crippen molar-refractivity contribution in [3.63, 3.8) is 0 Å². The van der Waals surface area contributed by atoms with Crippen molar-refractivity contribution in [1.82, 2.24) is 9.80 Å². The van der Waals surface area contributed by atoms with Gasteiger partial charge in [0.05, 0.1) is 6.54 Å². The topological polar surface area (TPSA) is 44.9 Å². The van der Waals surface area contributed by atoms with Gasteiger partial charge in [-0.25, -0.2) is 0 Å². The van der Waals surface area contributed by atoms with E-state index in [4.69, 9.17) is 5.73 Å². The van der Waals surface area contributed by atoms with E-state index in [1.807, 2.05) is 0 Å². The average molecular weight is 366 g/mol. The van der Waals surface area contributed by atoms with Gasteiger partial charge in [0.25, 0.3) is 0 Å². The molecule has 106 valence electrons. The third-order valence-electron chi connectivity index (χ3n) is 4.02. The summed E-state index contributed by atoms with van der Waals surface area (Å²) in [6.45, 7) is 6.71. The van der Waals surface area contributed by atoms with Crippen LogP contribution in [0.25, 0.3) is 0 Å². The van der Waals surface area contributed by atoms with E-state index in [1.54, 1.807) is 0 Å². The first kappa shape index (κ1) is 16.0. The number of likely N-dealkylation sites (tertiary alicyclic amines) is 1. The molecular formula is C13H27IN4. The number of hydrogen-bond acceptors (Lipinski definition) is 2. The van der Waals surface area contributed by atoms with Crippen molar-refractivity contribution in [2.75, 3.05) is 33.2 Å². The fourth-order valence-electron chi connectivity index (χ4n) is 2.35. The average Bonchev–Trinajstić information content (AvgIpc) is 3.14. The number of rotatable bonds is 4. The van der Waals surface area contributed by atoms with Crippen LogP contribution in [-0.4, -0.2) is 55.0 Å². The second-order valence-corrected chi connectivity index (χ2v) is 5.61. The van der Waals surface area contributed by atoms with Gasteiger partial charge in [0.1, 0.15) is 0 Å². The van der Waals surface area contributed by atoms with Gasteiger partial charge < -0.3 is 15.5 Å². The SMILES string of the molecule is CC1CCN(CCN=C(N)N(C)C2CC2)CC1.I. The number of guanidine groups is 1. The highest BCUT2D eigenvalue weighted by Crippen LogP contribution is 2.24. The monoisotopic (exact) mass is 366 g/mol. The predicted molar refractivity (Wildman–Crippen MR) is 87.5 cm³/mol. The van der Waals surface area contributed by atoms with Crippen LogP contribution in [0.2, 0.25) is 0 Å². The molecule has 2 N–H and O–H groups in total. The zero-order valence-electron chi connectivity index (χ0n) is 11.6. The van der Waals surface area contributed by atoms with Gasteiger partial charge in [-0.3, -0.25) is 4.99 Å². The first-order chi connectivity index (χ1) is 8.16. The molecule has 0 amide bonds. The number of nitrogens with two attached hydrogens (primary N) is 1. The lowest BCUT2D eigenvalue weighted by Gasteiger charge is -2.29. The highest BCUT2D eigenvalue weighted by molar-refractivity contribution is 14.0. The highest BCUT2D eigenvalue weighted by Gasteiger charge is 2.27. The van der Waals surface area contributed by atoms with Gasteiger partial charge in [0.2, 0.25) is 0 Å². The molecule has 1 aliphatic heterocycles. The second-order valence-electron chi connectivity index (χ2n) is 5.61. The minimum Gasteiger partial charge on any atom is -0.370 e. The lowest BCUT2D eigenvalue weighted by Crippen LogP contribution is -2.38. The van der Waals surface area contributed by atoms with E-state index in [2.05, 4.69) is 28.8 Å². The summed E-state index contributed by atoms with van der Waals surface area (Å²) in [5.41, 5.74) is 5.95. The largest absolute Gasteiger partial charge is 0.370 e. The molecule has 0 atom stereocenters. The Balaban J connectivity index is 0.00000162. The molecule has 1 aliphatic carbocycles. The summed E-state index contributed by atoms with van der Waals surface area (Å²) in [4.78, 5) is 9.11. The third kappa shape index (κ3) is 4.91. The zero-order valence-corrected chi connectivity index (χ0v) is 14.0. The van der Waals surface area contributed by atoms with Crippen LogP contribution < -0.4 is 5.73 Å². The van der Waals surface area contributed by atoms with E-state index in [1.165, 1.54) is 38.8 Å². The number of piperidine rings is 1. The first-order valence-electron chi connectivity index (χ1n) is 6.92. The summed E-state index contributed by atoms with van der Waals surface area (Å²) in [5.74, 6) is 1.62. The summed E-state index contributed by atoms with van der Waals surface area (Å²) in [5, 5.41) is 0. The van der Waals surface area contributed by atoms with Crippen LogP contribution in [-0.2, 0) is 0 Å². The maximum absolute atomic E-state index is 5.95. The number of nitrogens with zero attached hydrogens (tertiary/aromatic N) is 3. The molecule has 0 radical (unpaired) electrons. The Morgan fingerprint density at radius 1 is 1.28 bits per heavy atom. The predicted octanol–water partition coefficient (Wildman–Crippen LogP) is 1.75. The van der Waals surface area contributed by atoms with Crippen molar-refractivity contribution < 1.29 is 0 Å². The summed E-state index contributed by atoms with van der Waals surface area (Å²) in [6.07, 6.45) is 5.22. The number of halogens is 1. The maximum Gasteiger partial charge on any atom is 0.191 e. The Labute approximate surface area is 128 Å². The lowest BCUT2D eigenvalue weighted by molar-refractivity contribution is 0.197. The van der Waals surface area contributed by atoms with Gasteiger partial charge in [0, 0.05) is 19.6 Å². The van der Waals surface area contributed by atoms with Crippen LogP contribution in [0.4, 0.5) is 0 Å². The van der Waals surface area contributed by atoms with Crippen LogP contribution in [0.1, 0.15) is 32.6 Å². The van der Waals surface area contributed by atoms with E-state index >= 15 is 0 Å². The fourth-order valence-corrected chi connectivity index (χ4v) is 2.35. The lowest BCUT2D eigenvalue weighted by atomic mass is 9.99. The third-order valence-corrected chi connectivity index (χ3v) is 4.02. The Kier molecular flexibility index (Phi) is 6.70. The highest BCUT2D eigenvalue weighted by atomic mass is 127. The smallest absolute Gasteiger partial charge is 0.191 e. The molecule has 18 heavy (non-hydrogen) atoms. The zero-order chi connectivity index (χ0) is 12.3. The molecule has 0 aromatic rings. The summed E-state index contributed by atoms with van der Waals surface area (Å²) in [7, 11) is 2.05. The quantitative estimate of drug-likeness (QED) is 0.468. The normalized spacial score (nSPS) is 22.7. The molecule has 1 saturated heterocycles. The van der Waals surface area contributed by atoms with Crippen LogP contribution in [0, 0.1) is 5.92 Å². The van der Waals surface area contributed by atoms with E-state index in [9.17, 15) is 0 Å². The van der Waals surface area contributed by atoms with Crippen molar-refractivity contribution in [3.8, 4) is 0 Å². The molecule has 2 aliphatic rings. The van der Waals surface area contributed by atoms with E-state index in [0.29, 0.717) is 6.04 Å². The Hall–Kier alpha value is -0.0400. The molecule has 4 nitrogen and oxygen atoms in total. The van der Waals surface area contributed by atoms with Crippen molar-refractivity contribution in [1.29, 1.82) is 0 Å². The standard InChI is InChI=1S/C13H26N4.HI/c1-11-5-8-17(9-6-11)10-7-15-13(14)16(2)12-3-4-12;/h11-12H,3-10H2,1-2H3,(H2,14,15);1H. The minimum atomic E-state index is 0. The Morgan fingerprint density at radius 2 is 1.89 bits per heavy atom. The molecule has 0 aromatic heterocycles. The number of hydrogen-bond donors (Lipinski definition) is 1.